The molecular weight excluding hydrogens is 208 g/mol. The highest BCUT2D eigenvalue weighted by Crippen LogP contribution is 2.23. The molecule has 1 nitrogen and oxygen atoms in total. The SMILES string of the molecule is c1ccc(CCCOCC2CCCCC2)cc1. The maximum Gasteiger partial charge on any atom is 0.0494 e. The Kier molecular flexibility index (Phi) is 5.57. The van der Waals surface area contributed by atoms with Gasteiger partial charge in [0.25, 0.3) is 0 Å². The van der Waals surface area contributed by atoms with Crippen LogP contribution < -0.4 is 0 Å². The number of hydrogen-bond acceptors (Lipinski definition) is 1. The molecule has 94 valence electrons. The predicted molar refractivity (Wildman–Crippen MR) is 72.2 cm³/mol. The molecule has 2 rings (SSSR count). The van der Waals surface area contributed by atoms with Crippen LogP contribution in [-0.4, -0.2) is 13.2 Å². The maximum atomic E-state index is 5.79. The summed E-state index contributed by atoms with van der Waals surface area (Å²) < 4.78 is 5.79. The van der Waals surface area contributed by atoms with Gasteiger partial charge in [-0.15, -0.1) is 0 Å². The second kappa shape index (κ2) is 7.50. The van der Waals surface area contributed by atoms with Crippen molar-refractivity contribution in [1.82, 2.24) is 0 Å². The zero-order chi connectivity index (χ0) is 11.8. The molecule has 0 atom stereocenters. The van der Waals surface area contributed by atoms with Crippen LogP contribution in [0.4, 0.5) is 0 Å². The molecule has 1 aromatic carbocycles. The Balaban J connectivity index is 1.51. The monoisotopic (exact) mass is 232 g/mol. The molecular formula is C16H24O. The summed E-state index contributed by atoms with van der Waals surface area (Å²) in [5.74, 6) is 0.848. The molecule has 0 aliphatic heterocycles. The number of ether oxygens (including phenoxy) is 1. The van der Waals surface area contributed by atoms with E-state index in [9.17, 15) is 0 Å². The first-order valence-corrected chi connectivity index (χ1v) is 7.07. The largest absolute Gasteiger partial charge is 0.381 e. The van der Waals surface area contributed by atoms with Crippen molar-refractivity contribution in [2.75, 3.05) is 13.2 Å². The van der Waals surface area contributed by atoms with E-state index >= 15 is 0 Å². The quantitative estimate of drug-likeness (QED) is 0.667. The van der Waals surface area contributed by atoms with Crippen LogP contribution in [0.2, 0.25) is 0 Å². The van der Waals surface area contributed by atoms with Gasteiger partial charge in [0, 0.05) is 13.2 Å². The van der Waals surface area contributed by atoms with E-state index in [0.29, 0.717) is 0 Å². The fourth-order valence-electron chi connectivity index (χ4n) is 2.63. The molecule has 0 amide bonds. The highest BCUT2D eigenvalue weighted by molar-refractivity contribution is 5.14. The number of hydrogen-bond donors (Lipinski definition) is 0. The first-order valence-electron chi connectivity index (χ1n) is 7.07. The van der Waals surface area contributed by atoms with Crippen molar-refractivity contribution in [2.24, 2.45) is 5.92 Å². The molecule has 1 aliphatic rings. The second-order valence-corrected chi connectivity index (χ2v) is 5.17. The van der Waals surface area contributed by atoms with E-state index in [-0.39, 0.29) is 0 Å². The number of benzene rings is 1. The molecule has 0 spiro atoms. The topological polar surface area (TPSA) is 9.23 Å². The fraction of sp³-hybridized carbons (Fsp3) is 0.625. The Morgan fingerprint density at radius 2 is 1.76 bits per heavy atom. The van der Waals surface area contributed by atoms with E-state index in [4.69, 9.17) is 4.74 Å². The summed E-state index contributed by atoms with van der Waals surface area (Å²) in [6.07, 6.45) is 9.33. The van der Waals surface area contributed by atoms with E-state index in [1.807, 2.05) is 0 Å². The molecule has 0 aromatic heterocycles. The van der Waals surface area contributed by atoms with Gasteiger partial charge in [-0.2, -0.15) is 0 Å². The lowest BCUT2D eigenvalue weighted by atomic mass is 9.90. The zero-order valence-corrected chi connectivity index (χ0v) is 10.7. The van der Waals surface area contributed by atoms with Crippen molar-refractivity contribution in [3.63, 3.8) is 0 Å². The van der Waals surface area contributed by atoms with Gasteiger partial charge < -0.3 is 4.74 Å². The zero-order valence-electron chi connectivity index (χ0n) is 10.7. The van der Waals surface area contributed by atoms with E-state index in [0.717, 1.165) is 32.0 Å². The molecule has 0 radical (unpaired) electrons. The van der Waals surface area contributed by atoms with Gasteiger partial charge in [-0.1, -0.05) is 49.6 Å². The Bertz CT molecular complexity index is 288. The van der Waals surface area contributed by atoms with Crippen molar-refractivity contribution < 1.29 is 4.74 Å². The molecule has 0 N–H and O–H groups in total. The first-order chi connectivity index (χ1) is 8.45. The van der Waals surface area contributed by atoms with Crippen molar-refractivity contribution >= 4 is 0 Å². The summed E-state index contributed by atoms with van der Waals surface area (Å²) in [5.41, 5.74) is 1.42. The van der Waals surface area contributed by atoms with Gasteiger partial charge >= 0.3 is 0 Å². The van der Waals surface area contributed by atoms with Crippen LogP contribution in [0.15, 0.2) is 30.3 Å². The summed E-state index contributed by atoms with van der Waals surface area (Å²) in [6, 6.07) is 10.7. The first kappa shape index (κ1) is 12.6. The Labute approximate surface area is 105 Å². The average Bonchev–Trinajstić information content (AvgIpc) is 2.41. The van der Waals surface area contributed by atoms with Crippen LogP contribution in [0.5, 0.6) is 0 Å². The standard InChI is InChI=1S/C16H24O/c1-3-8-15(9-4-1)12-7-13-17-14-16-10-5-2-6-11-16/h1,3-4,8-9,16H,2,5-7,10-14H2. The average molecular weight is 232 g/mol. The molecule has 0 bridgehead atoms. The molecule has 1 aliphatic carbocycles. The molecule has 1 heteroatoms. The third-order valence-electron chi connectivity index (χ3n) is 3.68. The van der Waals surface area contributed by atoms with Gasteiger partial charge in [-0.3, -0.25) is 0 Å². The summed E-state index contributed by atoms with van der Waals surface area (Å²) >= 11 is 0. The predicted octanol–water partition coefficient (Wildman–Crippen LogP) is 4.22. The van der Waals surface area contributed by atoms with Crippen LogP contribution >= 0.6 is 0 Å². The van der Waals surface area contributed by atoms with Gasteiger partial charge in [-0.05, 0) is 37.2 Å². The Hall–Kier alpha value is -0.820. The van der Waals surface area contributed by atoms with Gasteiger partial charge in [0.2, 0.25) is 0 Å². The summed E-state index contributed by atoms with van der Waals surface area (Å²) in [5, 5.41) is 0. The summed E-state index contributed by atoms with van der Waals surface area (Å²) in [4.78, 5) is 0. The summed E-state index contributed by atoms with van der Waals surface area (Å²) in [7, 11) is 0. The molecule has 0 saturated heterocycles. The van der Waals surface area contributed by atoms with Crippen LogP contribution in [0.1, 0.15) is 44.1 Å². The minimum atomic E-state index is 0.848. The van der Waals surface area contributed by atoms with Crippen molar-refractivity contribution in [3.05, 3.63) is 35.9 Å². The van der Waals surface area contributed by atoms with E-state index in [2.05, 4.69) is 30.3 Å². The minimum Gasteiger partial charge on any atom is -0.381 e. The fourth-order valence-corrected chi connectivity index (χ4v) is 2.63. The Morgan fingerprint density at radius 1 is 1.00 bits per heavy atom. The number of aryl methyl sites for hydroxylation is 1. The van der Waals surface area contributed by atoms with Gasteiger partial charge in [-0.25, -0.2) is 0 Å². The summed E-state index contributed by atoms with van der Waals surface area (Å²) in [6.45, 7) is 1.92. The molecule has 1 saturated carbocycles. The molecule has 1 fully saturated rings. The highest BCUT2D eigenvalue weighted by atomic mass is 16.5. The van der Waals surface area contributed by atoms with Crippen LogP contribution in [0.25, 0.3) is 0 Å². The second-order valence-electron chi connectivity index (χ2n) is 5.17. The van der Waals surface area contributed by atoms with Gasteiger partial charge in [0.15, 0.2) is 0 Å². The van der Waals surface area contributed by atoms with Gasteiger partial charge in [0.05, 0.1) is 0 Å². The van der Waals surface area contributed by atoms with Crippen molar-refractivity contribution in [3.8, 4) is 0 Å². The lowest BCUT2D eigenvalue weighted by molar-refractivity contribution is 0.0838. The van der Waals surface area contributed by atoms with E-state index in [1.165, 1.54) is 37.7 Å². The van der Waals surface area contributed by atoms with Crippen LogP contribution in [-0.2, 0) is 11.2 Å². The molecule has 17 heavy (non-hydrogen) atoms. The lowest BCUT2D eigenvalue weighted by Crippen LogP contribution is -2.13. The Morgan fingerprint density at radius 3 is 2.53 bits per heavy atom. The van der Waals surface area contributed by atoms with E-state index < -0.39 is 0 Å². The number of rotatable bonds is 6. The van der Waals surface area contributed by atoms with E-state index in [1.54, 1.807) is 0 Å². The normalized spacial score (nSPS) is 17.2. The lowest BCUT2D eigenvalue weighted by Gasteiger charge is -2.21. The minimum absolute atomic E-state index is 0.848. The molecule has 0 heterocycles. The van der Waals surface area contributed by atoms with Crippen LogP contribution in [0, 0.1) is 5.92 Å². The molecule has 0 unspecified atom stereocenters. The van der Waals surface area contributed by atoms with Gasteiger partial charge in [0.1, 0.15) is 0 Å². The van der Waals surface area contributed by atoms with Crippen LogP contribution in [0.3, 0.4) is 0 Å². The smallest absolute Gasteiger partial charge is 0.0494 e. The maximum absolute atomic E-state index is 5.79. The third-order valence-corrected chi connectivity index (χ3v) is 3.68. The van der Waals surface area contributed by atoms with Crippen molar-refractivity contribution in [2.45, 2.75) is 44.9 Å². The van der Waals surface area contributed by atoms with Crippen molar-refractivity contribution in [1.29, 1.82) is 0 Å². The molecule has 1 aromatic rings. The highest BCUT2D eigenvalue weighted by Gasteiger charge is 2.12. The third kappa shape index (κ3) is 4.91.